The number of ether oxygens (including phenoxy) is 1. The summed E-state index contributed by atoms with van der Waals surface area (Å²) >= 11 is 0. The molecule has 1 aromatic carbocycles. The van der Waals surface area contributed by atoms with E-state index in [0.717, 1.165) is 0 Å². The predicted octanol–water partition coefficient (Wildman–Crippen LogP) is 1.71. The van der Waals surface area contributed by atoms with Gasteiger partial charge >= 0.3 is 12.0 Å². The van der Waals surface area contributed by atoms with Crippen molar-refractivity contribution in [2.75, 3.05) is 44.7 Å². The number of imide groups is 1. The maximum Gasteiger partial charge on any atom is 0.328 e. The van der Waals surface area contributed by atoms with Crippen molar-refractivity contribution in [1.29, 1.82) is 0 Å². The first-order valence-corrected chi connectivity index (χ1v) is 12.4. The third-order valence-corrected chi connectivity index (χ3v) is 7.29. The first-order chi connectivity index (χ1) is 17.3. The van der Waals surface area contributed by atoms with Gasteiger partial charge < -0.3 is 19.6 Å². The van der Waals surface area contributed by atoms with Gasteiger partial charge in [-0.2, -0.15) is 0 Å². The highest BCUT2D eigenvalue weighted by molar-refractivity contribution is 6.07. The number of carboxylic acids is 1. The van der Waals surface area contributed by atoms with E-state index in [2.05, 4.69) is 5.32 Å². The summed E-state index contributed by atoms with van der Waals surface area (Å²) in [5.74, 6) is -0.837. The second-order valence-corrected chi connectivity index (χ2v) is 9.57. The lowest BCUT2D eigenvalue weighted by Crippen LogP contribution is -2.49. The van der Waals surface area contributed by atoms with Crippen molar-refractivity contribution < 1.29 is 33.8 Å². The standard InChI is InChI=1S/C25H32N4O7/c1-36-20-3-2-18(15-19(20)29-13-8-21(30)26-25(29)35)24(34)28-11-6-17(7-12-28)23(33)27-9-4-16(5-10-27)14-22(31)32/h2-3,15-17H,4-14H2,1H3,(H,31,32)(H,26,30,35). The summed E-state index contributed by atoms with van der Waals surface area (Å²) in [6.07, 6.45) is 2.86. The van der Waals surface area contributed by atoms with Crippen molar-refractivity contribution in [3.8, 4) is 5.75 Å². The van der Waals surface area contributed by atoms with E-state index in [9.17, 15) is 24.0 Å². The van der Waals surface area contributed by atoms with Crippen LogP contribution in [0.2, 0.25) is 0 Å². The van der Waals surface area contributed by atoms with Gasteiger partial charge in [-0.15, -0.1) is 0 Å². The molecule has 1 aromatic rings. The smallest absolute Gasteiger partial charge is 0.328 e. The summed E-state index contributed by atoms with van der Waals surface area (Å²) in [5.41, 5.74) is 0.825. The van der Waals surface area contributed by atoms with Gasteiger partial charge in [-0.05, 0) is 49.8 Å². The van der Waals surface area contributed by atoms with E-state index >= 15 is 0 Å². The molecule has 0 spiro atoms. The van der Waals surface area contributed by atoms with Crippen LogP contribution in [0.4, 0.5) is 10.5 Å². The fourth-order valence-corrected chi connectivity index (χ4v) is 5.20. The maximum absolute atomic E-state index is 13.2. The highest BCUT2D eigenvalue weighted by Crippen LogP contribution is 2.32. The summed E-state index contributed by atoms with van der Waals surface area (Å²) in [4.78, 5) is 66.0. The minimum absolute atomic E-state index is 0.0910. The Balaban J connectivity index is 1.35. The molecule has 5 amide bonds. The molecule has 0 radical (unpaired) electrons. The zero-order valence-electron chi connectivity index (χ0n) is 20.4. The van der Waals surface area contributed by atoms with E-state index in [4.69, 9.17) is 9.84 Å². The molecule has 0 aromatic heterocycles. The predicted molar refractivity (Wildman–Crippen MR) is 129 cm³/mol. The molecule has 0 saturated carbocycles. The first-order valence-electron chi connectivity index (χ1n) is 12.4. The lowest BCUT2D eigenvalue weighted by Gasteiger charge is -2.37. The van der Waals surface area contributed by atoms with Gasteiger partial charge in [0.2, 0.25) is 11.8 Å². The Labute approximate surface area is 209 Å². The molecule has 0 aliphatic carbocycles. The van der Waals surface area contributed by atoms with Crippen molar-refractivity contribution in [3.63, 3.8) is 0 Å². The number of carbonyl (C=O) groups is 5. The monoisotopic (exact) mass is 500 g/mol. The summed E-state index contributed by atoms with van der Waals surface area (Å²) in [6, 6.07) is 4.34. The number of nitrogens with zero attached hydrogens (tertiary/aromatic N) is 3. The number of likely N-dealkylation sites (tertiary alicyclic amines) is 2. The molecule has 3 saturated heterocycles. The van der Waals surface area contributed by atoms with Gasteiger partial charge in [0, 0.05) is 57.0 Å². The largest absolute Gasteiger partial charge is 0.495 e. The molecule has 2 N–H and O–H groups in total. The van der Waals surface area contributed by atoms with Crippen molar-refractivity contribution in [2.24, 2.45) is 11.8 Å². The highest BCUT2D eigenvalue weighted by atomic mass is 16.5. The first kappa shape index (κ1) is 25.5. The summed E-state index contributed by atoms with van der Waals surface area (Å²) in [6.45, 7) is 2.26. The van der Waals surface area contributed by atoms with Crippen LogP contribution >= 0.6 is 0 Å². The number of urea groups is 1. The number of rotatable bonds is 6. The molecular formula is C25H32N4O7. The number of aliphatic carboxylic acids is 1. The SMILES string of the molecule is COc1ccc(C(=O)N2CCC(C(=O)N3CCC(CC(=O)O)CC3)CC2)cc1N1CCC(=O)NC1=O. The number of carboxylic acid groups (broad SMARTS) is 1. The van der Waals surface area contributed by atoms with Crippen molar-refractivity contribution in [3.05, 3.63) is 23.8 Å². The molecule has 4 rings (SSSR count). The van der Waals surface area contributed by atoms with Crippen LogP contribution < -0.4 is 15.0 Å². The average Bonchev–Trinajstić information content (AvgIpc) is 2.88. The number of methoxy groups -OCH3 is 1. The zero-order chi connectivity index (χ0) is 25.8. The van der Waals surface area contributed by atoms with Crippen LogP contribution in [0.15, 0.2) is 18.2 Å². The van der Waals surface area contributed by atoms with Gasteiger partial charge in [-0.1, -0.05) is 0 Å². The lowest BCUT2D eigenvalue weighted by molar-refractivity contribution is -0.140. The topological polar surface area (TPSA) is 137 Å². The van der Waals surface area contributed by atoms with E-state index in [-0.39, 0.29) is 48.9 Å². The number of amides is 5. The normalized spacial score (nSPS) is 19.8. The molecule has 11 heteroatoms. The number of anilines is 1. The van der Waals surface area contributed by atoms with Crippen LogP contribution in [-0.4, -0.2) is 84.5 Å². The fourth-order valence-electron chi connectivity index (χ4n) is 5.20. The van der Waals surface area contributed by atoms with Crippen molar-refractivity contribution in [1.82, 2.24) is 15.1 Å². The van der Waals surface area contributed by atoms with Crippen LogP contribution in [-0.2, 0) is 14.4 Å². The Morgan fingerprint density at radius 1 is 1.00 bits per heavy atom. The summed E-state index contributed by atoms with van der Waals surface area (Å²) in [5, 5.41) is 11.3. The van der Waals surface area contributed by atoms with Gasteiger partial charge in [-0.25, -0.2) is 4.79 Å². The number of piperidine rings is 2. The molecule has 0 unspecified atom stereocenters. The Bertz CT molecular complexity index is 1040. The second-order valence-electron chi connectivity index (χ2n) is 9.57. The molecule has 3 aliphatic heterocycles. The summed E-state index contributed by atoms with van der Waals surface area (Å²) in [7, 11) is 1.48. The number of hydrogen-bond donors (Lipinski definition) is 2. The molecule has 0 atom stereocenters. The quantitative estimate of drug-likeness (QED) is 0.607. The van der Waals surface area contributed by atoms with E-state index in [1.807, 2.05) is 4.90 Å². The van der Waals surface area contributed by atoms with E-state index in [1.165, 1.54) is 12.0 Å². The van der Waals surface area contributed by atoms with E-state index in [0.29, 0.717) is 68.9 Å². The third-order valence-electron chi connectivity index (χ3n) is 7.29. The number of carbonyl (C=O) groups excluding carboxylic acids is 4. The van der Waals surface area contributed by atoms with Gasteiger partial charge in [0.1, 0.15) is 5.75 Å². The number of benzene rings is 1. The fraction of sp³-hybridized carbons (Fsp3) is 0.560. The molecule has 194 valence electrons. The molecule has 3 fully saturated rings. The highest BCUT2D eigenvalue weighted by Gasteiger charge is 2.33. The molecular weight excluding hydrogens is 468 g/mol. The van der Waals surface area contributed by atoms with Crippen LogP contribution in [0.1, 0.15) is 48.9 Å². The van der Waals surface area contributed by atoms with Gasteiger partial charge in [-0.3, -0.25) is 29.4 Å². The Morgan fingerprint density at radius 2 is 1.67 bits per heavy atom. The van der Waals surface area contributed by atoms with Crippen LogP contribution in [0, 0.1) is 11.8 Å². The van der Waals surface area contributed by atoms with Gasteiger partial charge in [0.25, 0.3) is 5.91 Å². The Morgan fingerprint density at radius 3 is 2.28 bits per heavy atom. The van der Waals surface area contributed by atoms with Gasteiger partial charge in [0.05, 0.1) is 12.8 Å². The van der Waals surface area contributed by atoms with Crippen molar-refractivity contribution in [2.45, 2.75) is 38.5 Å². The van der Waals surface area contributed by atoms with Crippen LogP contribution in [0.5, 0.6) is 5.75 Å². The minimum Gasteiger partial charge on any atom is -0.495 e. The molecule has 3 heterocycles. The van der Waals surface area contributed by atoms with Gasteiger partial charge in [0.15, 0.2) is 0 Å². The average molecular weight is 501 g/mol. The Kier molecular flexibility index (Phi) is 7.76. The molecule has 36 heavy (non-hydrogen) atoms. The second kappa shape index (κ2) is 11.0. The molecule has 0 bridgehead atoms. The summed E-state index contributed by atoms with van der Waals surface area (Å²) < 4.78 is 5.37. The Hall–Kier alpha value is -3.63. The zero-order valence-corrected chi connectivity index (χ0v) is 20.4. The van der Waals surface area contributed by atoms with E-state index in [1.54, 1.807) is 23.1 Å². The molecule has 3 aliphatic rings. The maximum atomic E-state index is 13.2. The third kappa shape index (κ3) is 5.60. The lowest BCUT2D eigenvalue weighted by atomic mass is 9.90. The number of nitrogens with one attached hydrogen (secondary N) is 1. The van der Waals surface area contributed by atoms with E-state index < -0.39 is 12.0 Å². The minimum atomic E-state index is -0.796. The van der Waals surface area contributed by atoms with Crippen LogP contribution in [0.3, 0.4) is 0 Å². The molecule has 11 nitrogen and oxygen atoms in total. The van der Waals surface area contributed by atoms with Crippen molar-refractivity contribution >= 4 is 35.4 Å². The number of hydrogen-bond acceptors (Lipinski definition) is 6. The van der Waals surface area contributed by atoms with Crippen LogP contribution in [0.25, 0.3) is 0 Å².